The summed E-state index contributed by atoms with van der Waals surface area (Å²) in [6.45, 7) is 2.39. The fourth-order valence-electron chi connectivity index (χ4n) is 5.47. The number of rotatable bonds is 2. The van der Waals surface area contributed by atoms with E-state index in [0.717, 1.165) is 18.3 Å². The Balaban J connectivity index is 1.84. The van der Waals surface area contributed by atoms with E-state index in [-0.39, 0.29) is 5.41 Å². The quantitative estimate of drug-likeness (QED) is 0.795. The highest BCUT2D eigenvalue weighted by Gasteiger charge is 2.51. The highest BCUT2D eigenvalue weighted by atomic mass is 16.3. The van der Waals surface area contributed by atoms with Gasteiger partial charge < -0.3 is 10.2 Å². The number of hydrogen-bond acceptors (Lipinski definition) is 2. The highest BCUT2D eigenvalue weighted by molar-refractivity contribution is 5.45. The second-order valence-corrected chi connectivity index (χ2v) is 7.89. The molecule has 126 valence electrons. The van der Waals surface area contributed by atoms with Crippen molar-refractivity contribution in [3.05, 3.63) is 59.7 Å². The first-order valence-electron chi connectivity index (χ1n) is 9.18. The van der Waals surface area contributed by atoms with Crippen molar-refractivity contribution in [1.29, 1.82) is 0 Å². The summed E-state index contributed by atoms with van der Waals surface area (Å²) in [5.41, 5.74) is 2.65. The van der Waals surface area contributed by atoms with Crippen molar-refractivity contribution in [2.24, 2.45) is 17.8 Å². The number of fused-ring (bicyclic) bond motifs is 1. The van der Waals surface area contributed by atoms with Gasteiger partial charge in [-0.05, 0) is 78.8 Å². The van der Waals surface area contributed by atoms with Crippen molar-refractivity contribution >= 4 is 0 Å². The first kappa shape index (κ1) is 15.6. The Bertz CT molecular complexity index is 656. The molecule has 2 saturated carbocycles. The summed E-state index contributed by atoms with van der Waals surface area (Å²) in [5, 5.41) is 19.4. The van der Waals surface area contributed by atoms with Crippen molar-refractivity contribution in [3.63, 3.8) is 0 Å². The maximum Gasteiger partial charge on any atom is 0.115 e. The van der Waals surface area contributed by atoms with E-state index in [4.69, 9.17) is 0 Å². The van der Waals surface area contributed by atoms with Crippen LogP contribution in [0, 0.1) is 17.8 Å². The molecule has 0 saturated heterocycles. The third-order valence-corrected chi connectivity index (χ3v) is 6.55. The zero-order chi connectivity index (χ0) is 16.7. The zero-order valence-corrected chi connectivity index (χ0v) is 14.3. The lowest BCUT2D eigenvalue weighted by Crippen LogP contribution is -2.36. The molecule has 24 heavy (non-hydrogen) atoms. The molecule has 0 aliphatic heterocycles. The third-order valence-electron chi connectivity index (χ3n) is 6.55. The number of phenols is 2. The lowest BCUT2D eigenvalue weighted by Gasteiger charge is -2.42. The molecule has 4 rings (SSSR count). The molecule has 2 fully saturated rings. The number of hydrogen-bond donors (Lipinski definition) is 2. The van der Waals surface area contributed by atoms with Crippen LogP contribution in [0.3, 0.4) is 0 Å². The van der Waals surface area contributed by atoms with E-state index in [2.05, 4.69) is 31.2 Å². The molecule has 0 bridgehead atoms. The molecule has 3 atom stereocenters. The topological polar surface area (TPSA) is 40.5 Å². The predicted octanol–water partition coefficient (Wildman–Crippen LogP) is 5.23. The van der Waals surface area contributed by atoms with Crippen molar-refractivity contribution < 1.29 is 10.2 Å². The van der Waals surface area contributed by atoms with Crippen LogP contribution in [0.1, 0.15) is 50.2 Å². The third kappa shape index (κ3) is 2.40. The van der Waals surface area contributed by atoms with Crippen LogP contribution in [0.5, 0.6) is 11.5 Å². The Hall–Kier alpha value is -1.96. The molecule has 0 heterocycles. The van der Waals surface area contributed by atoms with E-state index >= 15 is 0 Å². The van der Waals surface area contributed by atoms with Crippen LogP contribution in [0.2, 0.25) is 0 Å². The standard InChI is InChI=1S/C22H26O2/c1-15-2-11-21-16(14-15)12-13-22(21,17-3-7-19(23)8-4-17)18-5-9-20(24)10-6-18/h3-10,15-16,21,23-24H,2,11-14H2,1H3. The molecule has 0 radical (unpaired) electrons. The Morgan fingerprint density at radius 1 is 0.792 bits per heavy atom. The molecular formula is C22H26O2. The number of benzene rings is 2. The molecule has 2 aliphatic rings. The Kier molecular flexibility index (Phi) is 3.79. The van der Waals surface area contributed by atoms with Crippen molar-refractivity contribution in [2.75, 3.05) is 0 Å². The zero-order valence-electron chi connectivity index (χ0n) is 14.3. The molecule has 2 aliphatic carbocycles. The SMILES string of the molecule is CC1CCC2C(CCC2(c2ccc(O)cc2)c2ccc(O)cc2)C1. The second-order valence-electron chi connectivity index (χ2n) is 7.89. The van der Waals surface area contributed by atoms with Gasteiger partial charge in [0.05, 0.1) is 0 Å². The van der Waals surface area contributed by atoms with Crippen molar-refractivity contribution in [3.8, 4) is 11.5 Å². The minimum atomic E-state index is 0.0200. The first-order chi connectivity index (χ1) is 11.6. The summed E-state index contributed by atoms with van der Waals surface area (Å²) < 4.78 is 0. The molecule has 3 unspecified atom stereocenters. The predicted molar refractivity (Wildman–Crippen MR) is 96.2 cm³/mol. The molecule has 0 aromatic heterocycles. The number of aromatic hydroxyl groups is 2. The van der Waals surface area contributed by atoms with Gasteiger partial charge in [-0.3, -0.25) is 0 Å². The minimum absolute atomic E-state index is 0.0200. The summed E-state index contributed by atoms with van der Waals surface area (Å²) in [6.07, 6.45) is 6.34. The monoisotopic (exact) mass is 322 g/mol. The fourth-order valence-corrected chi connectivity index (χ4v) is 5.47. The fraction of sp³-hybridized carbons (Fsp3) is 0.455. The van der Waals surface area contributed by atoms with Crippen LogP contribution in [-0.2, 0) is 5.41 Å². The van der Waals surface area contributed by atoms with Gasteiger partial charge in [-0.2, -0.15) is 0 Å². The van der Waals surface area contributed by atoms with E-state index in [1.165, 1.54) is 36.8 Å². The molecule has 2 nitrogen and oxygen atoms in total. The maximum absolute atomic E-state index is 9.72. The largest absolute Gasteiger partial charge is 0.508 e. The lowest BCUT2D eigenvalue weighted by atomic mass is 9.61. The minimum Gasteiger partial charge on any atom is -0.508 e. The van der Waals surface area contributed by atoms with E-state index in [1.54, 1.807) is 0 Å². The Morgan fingerprint density at radius 2 is 1.33 bits per heavy atom. The average Bonchev–Trinajstić information content (AvgIpc) is 2.96. The van der Waals surface area contributed by atoms with Gasteiger partial charge in [-0.1, -0.05) is 37.6 Å². The van der Waals surface area contributed by atoms with Crippen LogP contribution < -0.4 is 0 Å². The summed E-state index contributed by atoms with van der Waals surface area (Å²) in [5.74, 6) is 2.93. The van der Waals surface area contributed by atoms with Gasteiger partial charge in [-0.25, -0.2) is 0 Å². The van der Waals surface area contributed by atoms with Gasteiger partial charge in [0.1, 0.15) is 11.5 Å². The highest BCUT2D eigenvalue weighted by Crippen LogP contribution is 2.58. The van der Waals surface area contributed by atoms with Crippen molar-refractivity contribution in [1.82, 2.24) is 0 Å². The Morgan fingerprint density at radius 3 is 1.88 bits per heavy atom. The summed E-state index contributed by atoms with van der Waals surface area (Å²) >= 11 is 0. The van der Waals surface area contributed by atoms with Crippen LogP contribution >= 0.6 is 0 Å². The van der Waals surface area contributed by atoms with Crippen molar-refractivity contribution in [2.45, 2.75) is 44.4 Å². The van der Waals surface area contributed by atoms with E-state index in [1.807, 2.05) is 24.3 Å². The molecule has 0 spiro atoms. The second kappa shape index (κ2) is 5.84. The van der Waals surface area contributed by atoms with E-state index in [9.17, 15) is 10.2 Å². The van der Waals surface area contributed by atoms with Gasteiger partial charge in [0.15, 0.2) is 0 Å². The first-order valence-corrected chi connectivity index (χ1v) is 9.18. The summed E-state index contributed by atoms with van der Waals surface area (Å²) in [7, 11) is 0. The van der Waals surface area contributed by atoms with E-state index < -0.39 is 0 Å². The van der Waals surface area contributed by atoms with Crippen LogP contribution in [0.15, 0.2) is 48.5 Å². The van der Waals surface area contributed by atoms with Gasteiger partial charge in [-0.15, -0.1) is 0 Å². The van der Waals surface area contributed by atoms with Gasteiger partial charge in [0, 0.05) is 5.41 Å². The summed E-state index contributed by atoms with van der Waals surface area (Å²) in [4.78, 5) is 0. The number of phenolic OH excluding ortho intramolecular Hbond substituents is 2. The Labute approximate surface area is 144 Å². The lowest BCUT2D eigenvalue weighted by molar-refractivity contribution is 0.180. The van der Waals surface area contributed by atoms with Gasteiger partial charge in [0.2, 0.25) is 0 Å². The normalized spacial score (nSPS) is 28.5. The summed E-state index contributed by atoms with van der Waals surface area (Å²) in [6, 6.07) is 15.7. The van der Waals surface area contributed by atoms with Crippen LogP contribution in [-0.4, -0.2) is 10.2 Å². The molecule has 2 aromatic rings. The maximum atomic E-state index is 9.72. The smallest absolute Gasteiger partial charge is 0.115 e. The molecule has 2 N–H and O–H groups in total. The van der Waals surface area contributed by atoms with Crippen LogP contribution in [0.4, 0.5) is 0 Å². The average molecular weight is 322 g/mol. The van der Waals surface area contributed by atoms with E-state index in [0.29, 0.717) is 17.4 Å². The van der Waals surface area contributed by atoms with Gasteiger partial charge in [0.25, 0.3) is 0 Å². The molecular weight excluding hydrogens is 296 g/mol. The molecule has 2 heteroatoms. The molecule has 0 amide bonds. The van der Waals surface area contributed by atoms with Crippen LogP contribution in [0.25, 0.3) is 0 Å². The van der Waals surface area contributed by atoms with Gasteiger partial charge >= 0.3 is 0 Å². The molecule has 2 aromatic carbocycles.